The molecule has 2 N–H and O–H groups in total. The first-order valence-electron chi connectivity index (χ1n) is 9.85. The largest absolute Gasteiger partial charge is 0.444 e. The van der Waals surface area contributed by atoms with Crippen molar-refractivity contribution in [1.82, 2.24) is 15.3 Å². The summed E-state index contributed by atoms with van der Waals surface area (Å²) in [5.41, 5.74) is 1.96. The lowest BCUT2D eigenvalue weighted by Crippen LogP contribution is -2.47. The Kier molecular flexibility index (Phi) is 7.07. The molecule has 0 saturated heterocycles. The predicted molar refractivity (Wildman–Crippen MR) is 125 cm³/mol. The number of nitrogens with zero attached hydrogens (tertiary/aromatic N) is 2. The molecule has 0 spiro atoms. The van der Waals surface area contributed by atoms with Crippen LogP contribution in [0.15, 0.2) is 35.7 Å². The lowest BCUT2D eigenvalue weighted by Gasteiger charge is -2.23. The van der Waals surface area contributed by atoms with Crippen LogP contribution >= 0.6 is 22.7 Å². The minimum Gasteiger partial charge on any atom is -0.444 e. The number of nitrogens with one attached hydrogen (secondary N) is 2. The Hall–Kier alpha value is -2.78. The number of thiazole rings is 2. The Labute approximate surface area is 189 Å². The first-order valence-corrected chi connectivity index (χ1v) is 11.5. The van der Waals surface area contributed by atoms with Crippen molar-refractivity contribution in [2.45, 2.75) is 52.7 Å². The van der Waals surface area contributed by atoms with Gasteiger partial charge in [0.05, 0.1) is 21.3 Å². The molecule has 2 heterocycles. The quantitative estimate of drug-likeness (QED) is 0.545. The van der Waals surface area contributed by atoms with Crippen LogP contribution in [-0.4, -0.2) is 33.6 Å². The van der Waals surface area contributed by atoms with E-state index in [2.05, 4.69) is 20.6 Å². The zero-order valence-electron chi connectivity index (χ0n) is 18.2. The van der Waals surface area contributed by atoms with Crippen LogP contribution in [0.5, 0.6) is 0 Å². The van der Waals surface area contributed by atoms with Crippen molar-refractivity contribution in [1.29, 1.82) is 0 Å². The number of amides is 2. The molecule has 1 aromatic carbocycles. The molecular weight excluding hydrogens is 432 g/mol. The first kappa shape index (κ1) is 22.9. The fourth-order valence-electron chi connectivity index (χ4n) is 2.91. The van der Waals surface area contributed by atoms with Gasteiger partial charge < -0.3 is 15.4 Å². The Balaban J connectivity index is 1.74. The number of carbonyl (C=O) groups excluding carboxylic acids is 2. The second-order valence-electron chi connectivity index (χ2n) is 8.06. The normalized spacial score (nSPS) is 12.3. The minimum atomic E-state index is -0.808. The minimum absolute atomic E-state index is 0.331. The van der Waals surface area contributed by atoms with E-state index in [-0.39, 0.29) is 5.91 Å². The SMILES string of the molecule is Cc1nc(C)c(-c2csc(NC(=O)[C@H](Cc3ccccc3)NC(=O)OC(C)(C)C)n2)s1. The van der Waals surface area contributed by atoms with Crippen LogP contribution < -0.4 is 10.6 Å². The molecule has 0 unspecified atom stereocenters. The molecule has 1 atom stereocenters. The molecule has 2 aromatic heterocycles. The number of anilines is 1. The van der Waals surface area contributed by atoms with Gasteiger partial charge in [0.15, 0.2) is 5.13 Å². The van der Waals surface area contributed by atoms with Gasteiger partial charge in [-0.05, 0) is 40.2 Å². The lowest BCUT2D eigenvalue weighted by atomic mass is 10.1. The second kappa shape index (κ2) is 9.57. The van der Waals surface area contributed by atoms with Crippen molar-refractivity contribution in [2.75, 3.05) is 5.32 Å². The lowest BCUT2D eigenvalue weighted by molar-refractivity contribution is -0.118. The number of rotatable bonds is 6. The highest BCUT2D eigenvalue weighted by Gasteiger charge is 2.25. The van der Waals surface area contributed by atoms with Gasteiger partial charge in [-0.2, -0.15) is 0 Å². The monoisotopic (exact) mass is 458 g/mol. The van der Waals surface area contributed by atoms with Gasteiger partial charge in [0, 0.05) is 11.8 Å². The smallest absolute Gasteiger partial charge is 0.408 e. The summed E-state index contributed by atoms with van der Waals surface area (Å²) in [4.78, 5) is 35.3. The van der Waals surface area contributed by atoms with Gasteiger partial charge in [-0.15, -0.1) is 22.7 Å². The third kappa shape index (κ3) is 6.60. The summed E-state index contributed by atoms with van der Waals surface area (Å²) in [6.45, 7) is 9.22. The summed E-state index contributed by atoms with van der Waals surface area (Å²) in [5.74, 6) is -0.354. The van der Waals surface area contributed by atoms with Crippen LogP contribution in [0, 0.1) is 13.8 Å². The van der Waals surface area contributed by atoms with Crippen LogP contribution in [0.1, 0.15) is 37.0 Å². The van der Waals surface area contributed by atoms with Crippen molar-refractivity contribution < 1.29 is 14.3 Å². The van der Waals surface area contributed by atoms with Crippen molar-refractivity contribution in [3.63, 3.8) is 0 Å². The van der Waals surface area contributed by atoms with Crippen LogP contribution in [-0.2, 0) is 16.0 Å². The van der Waals surface area contributed by atoms with Gasteiger partial charge in [0.2, 0.25) is 5.91 Å². The average molecular weight is 459 g/mol. The predicted octanol–water partition coefficient (Wildman–Crippen LogP) is 4.96. The molecule has 2 amide bonds. The van der Waals surface area contributed by atoms with Crippen molar-refractivity contribution >= 4 is 39.8 Å². The van der Waals surface area contributed by atoms with E-state index in [1.165, 1.54) is 11.3 Å². The standard InChI is InChI=1S/C22H26N4O3S2/c1-13-18(31-14(2)23-13)17-12-30-20(24-17)26-19(27)16(11-15-9-7-6-8-10-15)25-21(28)29-22(3,4)5/h6-10,12,16H,11H2,1-5H3,(H,25,28)(H,24,26,27)/t16-/m0/s1. The first-order chi connectivity index (χ1) is 14.6. The van der Waals surface area contributed by atoms with Crippen molar-refractivity contribution in [2.24, 2.45) is 0 Å². The van der Waals surface area contributed by atoms with E-state index in [0.717, 1.165) is 26.8 Å². The van der Waals surface area contributed by atoms with E-state index in [1.54, 1.807) is 32.1 Å². The molecule has 0 fully saturated rings. The molecule has 0 aliphatic heterocycles. The molecule has 7 nitrogen and oxygen atoms in total. The fourth-order valence-corrected chi connectivity index (χ4v) is 4.57. The fraction of sp³-hybridized carbons (Fsp3) is 0.364. The van der Waals surface area contributed by atoms with E-state index in [0.29, 0.717) is 11.6 Å². The number of hydrogen-bond acceptors (Lipinski definition) is 7. The highest BCUT2D eigenvalue weighted by atomic mass is 32.1. The maximum atomic E-state index is 13.0. The van der Waals surface area contributed by atoms with Gasteiger partial charge >= 0.3 is 6.09 Å². The second-order valence-corrected chi connectivity index (χ2v) is 10.1. The number of aromatic nitrogens is 2. The molecule has 0 aliphatic rings. The van der Waals surface area contributed by atoms with Gasteiger partial charge in [-0.25, -0.2) is 14.8 Å². The Bertz CT molecular complexity index is 1050. The van der Waals surface area contributed by atoms with Crippen molar-refractivity contribution in [3.8, 4) is 10.6 Å². The number of benzene rings is 1. The Morgan fingerprint density at radius 3 is 2.45 bits per heavy atom. The van der Waals surface area contributed by atoms with E-state index >= 15 is 0 Å². The van der Waals surface area contributed by atoms with E-state index in [4.69, 9.17) is 4.74 Å². The third-order valence-corrected chi connectivity index (χ3v) is 6.01. The molecule has 9 heteroatoms. The summed E-state index contributed by atoms with van der Waals surface area (Å²) < 4.78 is 5.34. The molecule has 31 heavy (non-hydrogen) atoms. The molecule has 0 saturated carbocycles. The highest BCUT2D eigenvalue weighted by Crippen LogP contribution is 2.32. The molecule has 0 aliphatic carbocycles. The summed E-state index contributed by atoms with van der Waals surface area (Å²) in [7, 11) is 0. The number of ether oxygens (including phenoxy) is 1. The number of aryl methyl sites for hydroxylation is 2. The molecule has 0 bridgehead atoms. The molecular formula is C22H26N4O3S2. The average Bonchev–Trinajstić information content (AvgIpc) is 3.26. The van der Waals surface area contributed by atoms with E-state index < -0.39 is 17.7 Å². The zero-order chi connectivity index (χ0) is 22.6. The summed E-state index contributed by atoms with van der Waals surface area (Å²) >= 11 is 2.90. The van der Waals surface area contributed by atoms with Crippen LogP contribution in [0.2, 0.25) is 0 Å². The maximum Gasteiger partial charge on any atom is 0.408 e. The van der Waals surface area contributed by atoms with Crippen LogP contribution in [0.4, 0.5) is 9.93 Å². The third-order valence-electron chi connectivity index (χ3n) is 4.16. The van der Waals surface area contributed by atoms with Gasteiger partial charge in [0.1, 0.15) is 11.6 Å². The molecule has 3 aromatic rings. The van der Waals surface area contributed by atoms with E-state index in [9.17, 15) is 9.59 Å². The maximum absolute atomic E-state index is 13.0. The zero-order valence-corrected chi connectivity index (χ0v) is 19.8. The van der Waals surface area contributed by atoms with Crippen molar-refractivity contribution in [3.05, 3.63) is 52.0 Å². The molecule has 3 rings (SSSR count). The molecule has 0 radical (unpaired) electrons. The molecule has 164 valence electrons. The number of carbonyl (C=O) groups is 2. The summed E-state index contributed by atoms with van der Waals surface area (Å²) in [5, 5.41) is 8.85. The summed E-state index contributed by atoms with van der Waals surface area (Å²) in [6, 6.07) is 8.70. The van der Waals surface area contributed by atoms with E-state index in [1.807, 2.05) is 49.6 Å². The Morgan fingerprint density at radius 2 is 1.84 bits per heavy atom. The number of alkyl carbamates (subject to hydrolysis) is 1. The van der Waals surface area contributed by atoms with Crippen LogP contribution in [0.25, 0.3) is 10.6 Å². The highest BCUT2D eigenvalue weighted by molar-refractivity contribution is 7.16. The Morgan fingerprint density at radius 1 is 1.13 bits per heavy atom. The topological polar surface area (TPSA) is 93.2 Å². The van der Waals surface area contributed by atoms with Crippen LogP contribution in [0.3, 0.4) is 0 Å². The summed E-state index contributed by atoms with van der Waals surface area (Å²) in [6.07, 6.45) is -0.309. The number of hydrogen-bond donors (Lipinski definition) is 2. The van der Waals surface area contributed by atoms with Gasteiger partial charge in [-0.1, -0.05) is 30.3 Å². The van der Waals surface area contributed by atoms with Gasteiger partial charge in [-0.3, -0.25) is 4.79 Å². The van der Waals surface area contributed by atoms with Gasteiger partial charge in [0.25, 0.3) is 0 Å².